The maximum absolute atomic E-state index is 5.21. The molecule has 0 atom stereocenters. The van der Waals surface area contributed by atoms with E-state index in [1.807, 2.05) is 48.5 Å². The number of methoxy groups -OCH3 is 1. The van der Waals surface area contributed by atoms with E-state index in [-0.39, 0.29) is 0 Å². The molecule has 1 aromatic heterocycles. The van der Waals surface area contributed by atoms with Crippen molar-refractivity contribution in [2.24, 2.45) is 0 Å². The van der Waals surface area contributed by atoms with Gasteiger partial charge in [0, 0.05) is 10.0 Å². The molecule has 0 unspecified atom stereocenters. The van der Waals surface area contributed by atoms with Crippen molar-refractivity contribution in [1.29, 1.82) is 0 Å². The molecule has 3 rings (SSSR count). The van der Waals surface area contributed by atoms with Gasteiger partial charge in [0.25, 0.3) is 0 Å². The smallest absolute Gasteiger partial charge is 0.204 e. The standard InChI is InChI=1S/C15H13BrN4O/c1-21-14-4-2-3-11(9-14)10-20-18-15(17-19-20)12-5-7-13(16)8-6-12/h2-9H,10H2,1H3. The first-order valence-corrected chi connectivity index (χ1v) is 7.20. The fourth-order valence-electron chi connectivity index (χ4n) is 1.96. The summed E-state index contributed by atoms with van der Waals surface area (Å²) in [7, 11) is 1.65. The monoisotopic (exact) mass is 344 g/mol. The molecule has 0 spiro atoms. The molecule has 0 saturated carbocycles. The van der Waals surface area contributed by atoms with Gasteiger partial charge in [0.15, 0.2) is 0 Å². The SMILES string of the molecule is COc1cccc(Cn2nnc(-c3ccc(Br)cc3)n2)c1. The number of halogens is 1. The molecule has 0 aliphatic carbocycles. The van der Waals surface area contributed by atoms with E-state index in [0.29, 0.717) is 12.4 Å². The second-order valence-electron chi connectivity index (χ2n) is 4.50. The van der Waals surface area contributed by atoms with Crippen LogP contribution in [0.15, 0.2) is 53.0 Å². The van der Waals surface area contributed by atoms with Crippen LogP contribution in [0.1, 0.15) is 5.56 Å². The number of aromatic nitrogens is 4. The number of tetrazole rings is 1. The molecule has 0 aliphatic heterocycles. The van der Waals surface area contributed by atoms with Crippen molar-refractivity contribution in [1.82, 2.24) is 20.2 Å². The molecule has 3 aromatic rings. The van der Waals surface area contributed by atoms with Crippen LogP contribution in [-0.4, -0.2) is 27.3 Å². The zero-order valence-corrected chi connectivity index (χ0v) is 13.0. The van der Waals surface area contributed by atoms with Gasteiger partial charge in [-0.2, -0.15) is 4.80 Å². The molecule has 6 heteroatoms. The van der Waals surface area contributed by atoms with Crippen LogP contribution in [-0.2, 0) is 6.54 Å². The summed E-state index contributed by atoms with van der Waals surface area (Å²) in [6.45, 7) is 0.556. The molecule has 0 amide bonds. The number of nitrogens with zero attached hydrogens (tertiary/aromatic N) is 4. The maximum Gasteiger partial charge on any atom is 0.204 e. The molecule has 5 nitrogen and oxygen atoms in total. The predicted octanol–water partition coefficient (Wildman–Crippen LogP) is 3.16. The van der Waals surface area contributed by atoms with Crippen molar-refractivity contribution < 1.29 is 4.74 Å². The van der Waals surface area contributed by atoms with Crippen molar-refractivity contribution in [2.75, 3.05) is 7.11 Å². The minimum Gasteiger partial charge on any atom is -0.497 e. The average Bonchev–Trinajstić information content (AvgIpc) is 2.96. The lowest BCUT2D eigenvalue weighted by atomic mass is 10.2. The molecule has 0 aliphatic rings. The Labute approximate surface area is 130 Å². The fourth-order valence-corrected chi connectivity index (χ4v) is 2.22. The Morgan fingerprint density at radius 1 is 1.14 bits per heavy atom. The minimum absolute atomic E-state index is 0.556. The number of hydrogen-bond donors (Lipinski definition) is 0. The Kier molecular flexibility index (Phi) is 3.96. The van der Waals surface area contributed by atoms with Crippen molar-refractivity contribution in [3.63, 3.8) is 0 Å². The van der Waals surface area contributed by atoms with E-state index in [1.165, 1.54) is 0 Å². The first-order valence-electron chi connectivity index (χ1n) is 6.41. The number of hydrogen-bond acceptors (Lipinski definition) is 4. The van der Waals surface area contributed by atoms with Crippen molar-refractivity contribution in [2.45, 2.75) is 6.54 Å². The van der Waals surface area contributed by atoms with Gasteiger partial charge >= 0.3 is 0 Å². The van der Waals surface area contributed by atoms with Crippen molar-refractivity contribution in [3.05, 3.63) is 58.6 Å². The summed E-state index contributed by atoms with van der Waals surface area (Å²) < 4.78 is 6.23. The van der Waals surface area contributed by atoms with Crippen LogP contribution in [0.25, 0.3) is 11.4 Å². The highest BCUT2D eigenvalue weighted by atomic mass is 79.9. The molecule has 2 aromatic carbocycles. The third-order valence-electron chi connectivity index (χ3n) is 3.01. The van der Waals surface area contributed by atoms with E-state index in [9.17, 15) is 0 Å². The van der Waals surface area contributed by atoms with Crippen LogP contribution in [0.2, 0.25) is 0 Å². The zero-order chi connectivity index (χ0) is 14.7. The summed E-state index contributed by atoms with van der Waals surface area (Å²) in [5.74, 6) is 1.44. The van der Waals surface area contributed by atoms with Crippen LogP contribution in [0.4, 0.5) is 0 Å². The first-order chi connectivity index (χ1) is 10.2. The summed E-state index contributed by atoms with van der Waals surface area (Å²) in [5.41, 5.74) is 2.00. The van der Waals surface area contributed by atoms with Gasteiger partial charge in [-0.3, -0.25) is 0 Å². The molecule has 0 N–H and O–H groups in total. The van der Waals surface area contributed by atoms with Gasteiger partial charge in [0.2, 0.25) is 5.82 Å². The lowest BCUT2D eigenvalue weighted by molar-refractivity contribution is 0.413. The van der Waals surface area contributed by atoms with E-state index in [4.69, 9.17) is 4.74 Å². The summed E-state index contributed by atoms with van der Waals surface area (Å²) >= 11 is 3.41. The van der Waals surface area contributed by atoms with Gasteiger partial charge in [0.1, 0.15) is 5.75 Å². The van der Waals surface area contributed by atoms with Crippen LogP contribution in [0, 0.1) is 0 Å². The van der Waals surface area contributed by atoms with E-state index in [2.05, 4.69) is 31.3 Å². The molecular weight excluding hydrogens is 332 g/mol. The molecule has 106 valence electrons. The quantitative estimate of drug-likeness (QED) is 0.729. The van der Waals surface area contributed by atoms with E-state index in [0.717, 1.165) is 21.3 Å². The Morgan fingerprint density at radius 3 is 2.71 bits per heavy atom. The zero-order valence-electron chi connectivity index (χ0n) is 11.4. The highest BCUT2D eigenvalue weighted by Crippen LogP contribution is 2.18. The number of rotatable bonds is 4. The Hall–Kier alpha value is -2.21. The second-order valence-corrected chi connectivity index (χ2v) is 5.42. The Bertz CT molecular complexity index is 739. The van der Waals surface area contributed by atoms with Crippen LogP contribution >= 0.6 is 15.9 Å². The van der Waals surface area contributed by atoms with Gasteiger partial charge in [0.05, 0.1) is 13.7 Å². The summed E-state index contributed by atoms with van der Waals surface area (Å²) in [6.07, 6.45) is 0. The van der Waals surface area contributed by atoms with Gasteiger partial charge in [-0.15, -0.1) is 10.2 Å². The molecule has 1 heterocycles. The summed E-state index contributed by atoms with van der Waals surface area (Å²) in [4.78, 5) is 1.58. The predicted molar refractivity (Wildman–Crippen MR) is 83.0 cm³/mol. The third-order valence-corrected chi connectivity index (χ3v) is 3.54. The lowest BCUT2D eigenvalue weighted by Crippen LogP contribution is -2.04. The van der Waals surface area contributed by atoms with E-state index in [1.54, 1.807) is 11.9 Å². The summed E-state index contributed by atoms with van der Waals surface area (Å²) in [6, 6.07) is 15.6. The molecular formula is C15H13BrN4O. The van der Waals surface area contributed by atoms with Gasteiger partial charge in [-0.25, -0.2) is 0 Å². The van der Waals surface area contributed by atoms with Crippen LogP contribution < -0.4 is 4.74 Å². The maximum atomic E-state index is 5.21. The second kappa shape index (κ2) is 6.05. The van der Waals surface area contributed by atoms with Gasteiger partial charge in [-0.1, -0.05) is 28.1 Å². The lowest BCUT2D eigenvalue weighted by Gasteiger charge is -2.03. The molecule has 0 radical (unpaired) electrons. The molecule has 0 saturated heterocycles. The van der Waals surface area contributed by atoms with Gasteiger partial charge < -0.3 is 4.74 Å². The largest absolute Gasteiger partial charge is 0.497 e. The fraction of sp³-hybridized carbons (Fsp3) is 0.133. The normalized spacial score (nSPS) is 10.6. The third kappa shape index (κ3) is 3.28. The number of ether oxygens (including phenoxy) is 1. The average molecular weight is 345 g/mol. The molecule has 0 fully saturated rings. The number of benzene rings is 2. The molecule has 21 heavy (non-hydrogen) atoms. The van der Waals surface area contributed by atoms with E-state index < -0.39 is 0 Å². The first kappa shape index (κ1) is 13.8. The van der Waals surface area contributed by atoms with E-state index >= 15 is 0 Å². The van der Waals surface area contributed by atoms with Crippen molar-refractivity contribution >= 4 is 15.9 Å². The van der Waals surface area contributed by atoms with Crippen molar-refractivity contribution in [3.8, 4) is 17.1 Å². The Balaban J connectivity index is 1.80. The van der Waals surface area contributed by atoms with Crippen LogP contribution in [0.5, 0.6) is 5.75 Å². The molecule has 0 bridgehead atoms. The minimum atomic E-state index is 0.556. The highest BCUT2D eigenvalue weighted by Gasteiger charge is 2.06. The topological polar surface area (TPSA) is 52.8 Å². The van der Waals surface area contributed by atoms with Gasteiger partial charge in [-0.05, 0) is 47.2 Å². The summed E-state index contributed by atoms with van der Waals surface area (Å²) in [5, 5.41) is 12.6. The Morgan fingerprint density at radius 2 is 1.95 bits per heavy atom. The highest BCUT2D eigenvalue weighted by molar-refractivity contribution is 9.10. The van der Waals surface area contributed by atoms with Crippen LogP contribution in [0.3, 0.4) is 0 Å².